The molecular formula is C12H23N3. The summed E-state index contributed by atoms with van der Waals surface area (Å²) in [4.78, 5) is 2.48. The first-order chi connectivity index (χ1) is 7.07. The topological polar surface area (TPSA) is 53.0 Å². The summed E-state index contributed by atoms with van der Waals surface area (Å²) in [5.74, 6) is 0.703. The van der Waals surface area contributed by atoms with Crippen LogP contribution in [-0.4, -0.2) is 31.1 Å². The minimum atomic E-state index is -0.160. The van der Waals surface area contributed by atoms with Crippen molar-refractivity contribution < 1.29 is 0 Å². The van der Waals surface area contributed by atoms with E-state index in [1.807, 2.05) is 13.8 Å². The summed E-state index contributed by atoms with van der Waals surface area (Å²) in [6, 6.07) is 2.35. The van der Waals surface area contributed by atoms with E-state index in [2.05, 4.69) is 11.0 Å². The Morgan fingerprint density at radius 1 is 1.53 bits per heavy atom. The lowest BCUT2D eigenvalue weighted by Gasteiger charge is -2.19. The van der Waals surface area contributed by atoms with Crippen LogP contribution in [0.5, 0.6) is 0 Å². The largest absolute Gasteiger partial charge is 0.330 e. The molecular weight excluding hydrogens is 186 g/mol. The average molecular weight is 209 g/mol. The van der Waals surface area contributed by atoms with Crippen LogP contribution >= 0.6 is 0 Å². The van der Waals surface area contributed by atoms with Gasteiger partial charge >= 0.3 is 0 Å². The Balaban J connectivity index is 2.14. The first-order valence-corrected chi connectivity index (χ1v) is 5.91. The van der Waals surface area contributed by atoms with Crippen molar-refractivity contribution in [2.75, 3.05) is 26.2 Å². The number of nitriles is 1. The lowest BCUT2D eigenvalue weighted by Crippen LogP contribution is -2.25. The number of rotatable bonds is 5. The maximum atomic E-state index is 8.89. The summed E-state index contributed by atoms with van der Waals surface area (Å²) in [6.45, 7) is 8.32. The molecule has 1 unspecified atom stereocenters. The summed E-state index contributed by atoms with van der Waals surface area (Å²) in [5, 5.41) is 8.89. The smallest absolute Gasteiger partial charge is 0.0683 e. The van der Waals surface area contributed by atoms with E-state index in [9.17, 15) is 0 Å². The molecule has 3 heteroatoms. The van der Waals surface area contributed by atoms with Gasteiger partial charge in [0.15, 0.2) is 0 Å². The zero-order valence-electron chi connectivity index (χ0n) is 10.00. The lowest BCUT2D eigenvalue weighted by atomic mass is 9.90. The van der Waals surface area contributed by atoms with E-state index in [1.54, 1.807) is 0 Å². The molecule has 2 N–H and O–H groups in total. The molecule has 0 amide bonds. The van der Waals surface area contributed by atoms with Crippen molar-refractivity contribution in [1.29, 1.82) is 5.26 Å². The predicted octanol–water partition coefficient (Wildman–Crippen LogP) is 1.60. The molecule has 1 aliphatic rings. The van der Waals surface area contributed by atoms with Gasteiger partial charge < -0.3 is 10.6 Å². The highest BCUT2D eigenvalue weighted by molar-refractivity contribution is 4.91. The summed E-state index contributed by atoms with van der Waals surface area (Å²) in [5.41, 5.74) is 5.49. The molecule has 86 valence electrons. The van der Waals surface area contributed by atoms with Crippen molar-refractivity contribution in [3.63, 3.8) is 0 Å². The Bertz CT molecular complexity index is 230. The standard InChI is InChI=1S/C12H23N3/c1-12(2,10-14)5-3-6-15-7-4-11(8-13)9-15/h11H,3-9,13H2,1-2H3. The second-order valence-corrected chi connectivity index (χ2v) is 5.29. The van der Waals surface area contributed by atoms with Gasteiger partial charge in [-0.3, -0.25) is 0 Å². The molecule has 0 aliphatic carbocycles. The highest BCUT2D eigenvalue weighted by Crippen LogP contribution is 2.22. The van der Waals surface area contributed by atoms with Crippen molar-refractivity contribution in [2.45, 2.75) is 33.1 Å². The van der Waals surface area contributed by atoms with Crippen LogP contribution in [-0.2, 0) is 0 Å². The van der Waals surface area contributed by atoms with E-state index in [-0.39, 0.29) is 5.41 Å². The molecule has 0 bridgehead atoms. The highest BCUT2D eigenvalue weighted by atomic mass is 15.1. The summed E-state index contributed by atoms with van der Waals surface area (Å²) < 4.78 is 0. The molecule has 1 aliphatic heterocycles. The van der Waals surface area contributed by atoms with Gasteiger partial charge in [-0.05, 0) is 58.7 Å². The van der Waals surface area contributed by atoms with Crippen LogP contribution in [0, 0.1) is 22.7 Å². The number of likely N-dealkylation sites (tertiary alicyclic amines) is 1. The Morgan fingerprint density at radius 2 is 2.27 bits per heavy atom. The third-order valence-corrected chi connectivity index (χ3v) is 3.28. The van der Waals surface area contributed by atoms with E-state index >= 15 is 0 Å². The Morgan fingerprint density at radius 3 is 2.80 bits per heavy atom. The molecule has 1 fully saturated rings. The van der Waals surface area contributed by atoms with E-state index in [1.165, 1.54) is 13.0 Å². The number of hydrogen-bond acceptors (Lipinski definition) is 3. The van der Waals surface area contributed by atoms with Gasteiger partial charge in [0.1, 0.15) is 0 Å². The van der Waals surface area contributed by atoms with Crippen LogP contribution in [0.2, 0.25) is 0 Å². The van der Waals surface area contributed by atoms with Gasteiger partial charge in [-0.2, -0.15) is 5.26 Å². The monoisotopic (exact) mass is 209 g/mol. The summed E-state index contributed by atoms with van der Waals surface area (Å²) in [6.07, 6.45) is 3.36. The molecule has 1 heterocycles. The van der Waals surface area contributed by atoms with Crippen LogP contribution in [0.15, 0.2) is 0 Å². The van der Waals surface area contributed by atoms with E-state index in [4.69, 9.17) is 11.0 Å². The molecule has 0 aromatic heterocycles. The SMILES string of the molecule is CC(C)(C#N)CCCN1CCC(CN)C1. The zero-order valence-corrected chi connectivity index (χ0v) is 10.00. The van der Waals surface area contributed by atoms with E-state index in [0.717, 1.165) is 32.5 Å². The first-order valence-electron chi connectivity index (χ1n) is 5.91. The Hall–Kier alpha value is -0.590. The fraction of sp³-hybridized carbons (Fsp3) is 0.917. The van der Waals surface area contributed by atoms with Crippen LogP contribution < -0.4 is 5.73 Å². The second-order valence-electron chi connectivity index (χ2n) is 5.29. The van der Waals surface area contributed by atoms with E-state index < -0.39 is 0 Å². The number of nitrogens with two attached hydrogens (primary N) is 1. The molecule has 0 saturated carbocycles. The maximum absolute atomic E-state index is 8.89. The van der Waals surface area contributed by atoms with Crippen LogP contribution in [0.25, 0.3) is 0 Å². The third kappa shape index (κ3) is 4.19. The maximum Gasteiger partial charge on any atom is 0.0683 e. The second kappa shape index (κ2) is 5.48. The molecule has 15 heavy (non-hydrogen) atoms. The summed E-state index contributed by atoms with van der Waals surface area (Å²) >= 11 is 0. The van der Waals surface area contributed by atoms with Crippen molar-refractivity contribution in [3.8, 4) is 6.07 Å². The van der Waals surface area contributed by atoms with Gasteiger partial charge in [0, 0.05) is 6.54 Å². The Labute approximate surface area is 93.2 Å². The molecule has 0 radical (unpaired) electrons. The zero-order chi connectivity index (χ0) is 11.3. The number of nitrogens with zero attached hydrogens (tertiary/aromatic N) is 2. The van der Waals surface area contributed by atoms with Crippen molar-refractivity contribution >= 4 is 0 Å². The molecule has 1 atom stereocenters. The molecule has 1 saturated heterocycles. The van der Waals surface area contributed by atoms with Gasteiger partial charge in [-0.1, -0.05) is 0 Å². The number of hydrogen-bond donors (Lipinski definition) is 1. The molecule has 3 nitrogen and oxygen atoms in total. The van der Waals surface area contributed by atoms with Gasteiger partial charge in [0.05, 0.1) is 11.5 Å². The van der Waals surface area contributed by atoms with Gasteiger partial charge in [0.2, 0.25) is 0 Å². The van der Waals surface area contributed by atoms with Crippen LogP contribution in [0.3, 0.4) is 0 Å². The Kier molecular flexibility index (Phi) is 4.56. The highest BCUT2D eigenvalue weighted by Gasteiger charge is 2.22. The van der Waals surface area contributed by atoms with Crippen molar-refractivity contribution in [1.82, 2.24) is 4.90 Å². The fourth-order valence-electron chi connectivity index (χ4n) is 2.11. The normalized spacial score (nSPS) is 22.9. The average Bonchev–Trinajstić information content (AvgIpc) is 2.66. The first kappa shape index (κ1) is 12.5. The molecule has 1 rings (SSSR count). The quantitative estimate of drug-likeness (QED) is 0.748. The minimum Gasteiger partial charge on any atom is -0.330 e. The van der Waals surface area contributed by atoms with Gasteiger partial charge in [0.25, 0.3) is 0 Å². The molecule has 0 aromatic carbocycles. The van der Waals surface area contributed by atoms with Crippen LogP contribution in [0.4, 0.5) is 0 Å². The van der Waals surface area contributed by atoms with E-state index in [0.29, 0.717) is 5.92 Å². The van der Waals surface area contributed by atoms with Crippen molar-refractivity contribution in [2.24, 2.45) is 17.1 Å². The summed E-state index contributed by atoms with van der Waals surface area (Å²) in [7, 11) is 0. The van der Waals surface area contributed by atoms with Gasteiger partial charge in [-0.15, -0.1) is 0 Å². The molecule has 0 aromatic rings. The third-order valence-electron chi connectivity index (χ3n) is 3.28. The predicted molar refractivity (Wildman–Crippen MR) is 62.2 cm³/mol. The van der Waals surface area contributed by atoms with Crippen molar-refractivity contribution in [3.05, 3.63) is 0 Å². The molecule has 0 spiro atoms. The van der Waals surface area contributed by atoms with Crippen LogP contribution in [0.1, 0.15) is 33.1 Å². The van der Waals surface area contributed by atoms with Gasteiger partial charge in [-0.25, -0.2) is 0 Å². The lowest BCUT2D eigenvalue weighted by molar-refractivity contribution is 0.297. The minimum absolute atomic E-state index is 0.160. The fourth-order valence-corrected chi connectivity index (χ4v) is 2.11.